The third kappa shape index (κ3) is 2.64. The van der Waals surface area contributed by atoms with Crippen molar-refractivity contribution in [2.24, 2.45) is 0 Å². The summed E-state index contributed by atoms with van der Waals surface area (Å²) in [4.78, 5) is 15.0. The number of nitrogens with zero attached hydrogens (tertiary/aromatic N) is 2. The molecule has 1 N–H and O–H groups in total. The van der Waals surface area contributed by atoms with Gasteiger partial charge in [-0.3, -0.25) is 4.79 Å². The van der Waals surface area contributed by atoms with E-state index in [4.69, 9.17) is 5.11 Å². The van der Waals surface area contributed by atoms with Gasteiger partial charge < -0.3 is 14.9 Å². The highest BCUT2D eigenvalue weighted by Gasteiger charge is 2.31. The van der Waals surface area contributed by atoms with Gasteiger partial charge in [-0.05, 0) is 27.7 Å². The quantitative estimate of drug-likeness (QED) is 0.770. The summed E-state index contributed by atoms with van der Waals surface area (Å²) >= 11 is 0. The normalized spacial score (nSPS) is 17.2. The van der Waals surface area contributed by atoms with Crippen LogP contribution in [0.3, 0.4) is 0 Å². The van der Waals surface area contributed by atoms with E-state index in [0.29, 0.717) is 12.1 Å². The minimum atomic E-state index is -0.750. The summed E-state index contributed by atoms with van der Waals surface area (Å²) in [7, 11) is 0. The fraction of sp³-hybridized carbons (Fsp3) is 0.727. The Kier molecular flexibility index (Phi) is 3.61. The largest absolute Gasteiger partial charge is 0.481 e. The Morgan fingerprint density at radius 2 is 1.60 bits per heavy atom. The molecule has 1 heterocycles. The van der Waals surface area contributed by atoms with Gasteiger partial charge >= 0.3 is 5.97 Å². The van der Waals surface area contributed by atoms with Gasteiger partial charge in [0.2, 0.25) is 0 Å². The van der Waals surface area contributed by atoms with E-state index in [1.54, 1.807) is 0 Å². The first-order valence-electron chi connectivity index (χ1n) is 5.38. The second-order valence-electron chi connectivity index (χ2n) is 4.46. The zero-order valence-corrected chi connectivity index (χ0v) is 9.84. The molecule has 0 aromatic heterocycles. The number of aliphatic carboxylic acids is 1. The molecule has 4 nitrogen and oxygen atoms in total. The molecular weight excluding hydrogens is 192 g/mol. The second kappa shape index (κ2) is 4.55. The molecule has 4 heteroatoms. The molecule has 0 saturated carbocycles. The first-order chi connectivity index (χ1) is 6.93. The lowest BCUT2D eigenvalue weighted by Crippen LogP contribution is -2.45. The van der Waals surface area contributed by atoms with Gasteiger partial charge in [-0.25, -0.2) is 0 Å². The van der Waals surface area contributed by atoms with Crippen LogP contribution in [0.2, 0.25) is 0 Å². The highest BCUT2D eigenvalue weighted by Crippen LogP contribution is 2.23. The Bertz CT molecular complexity index is 243. The zero-order chi connectivity index (χ0) is 11.6. The van der Waals surface area contributed by atoms with Gasteiger partial charge in [-0.1, -0.05) is 0 Å². The minimum absolute atomic E-state index is 0.0394. The lowest BCUT2D eigenvalue weighted by atomic mass is 10.2. The fourth-order valence-corrected chi connectivity index (χ4v) is 1.91. The molecule has 0 aromatic carbocycles. The topological polar surface area (TPSA) is 43.8 Å². The lowest BCUT2D eigenvalue weighted by Gasteiger charge is -2.36. The highest BCUT2D eigenvalue weighted by atomic mass is 16.4. The van der Waals surface area contributed by atoms with Crippen LogP contribution in [-0.4, -0.2) is 39.1 Å². The molecule has 0 bridgehead atoms. The molecule has 1 rings (SSSR count). The van der Waals surface area contributed by atoms with Gasteiger partial charge in [0.05, 0.1) is 6.42 Å². The van der Waals surface area contributed by atoms with E-state index < -0.39 is 5.97 Å². The maximum atomic E-state index is 10.8. The Morgan fingerprint density at radius 1 is 1.20 bits per heavy atom. The first kappa shape index (κ1) is 11.9. The van der Waals surface area contributed by atoms with Crippen LogP contribution >= 0.6 is 0 Å². The van der Waals surface area contributed by atoms with E-state index >= 15 is 0 Å². The van der Waals surface area contributed by atoms with Crippen LogP contribution in [0.5, 0.6) is 0 Å². The molecule has 0 atom stereocenters. The Morgan fingerprint density at radius 3 is 1.87 bits per heavy atom. The van der Waals surface area contributed by atoms with Crippen molar-refractivity contribution >= 4 is 5.97 Å². The maximum absolute atomic E-state index is 10.8. The second-order valence-corrected chi connectivity index (χ2v) is 4.46. The summed E-state index contributed by atoms with van der Waals surface area (Å²) in [6.45, 7) is 8.29. The lowest BCUT2D eigenvalue weighted by molar-refractivity contribution is -0.139. The summed E-state index contributed by atoms with van der Waals surface area (Å²) in [6, 6.07) is 0.656. The van der Waals surface area contributed by atoms with Crippen LogP contribution in [0, 0.1) is 0 Å². The van der Waals surface area contributed by atoms with E-state index in [-0.39, 0.29) is 12.6 Å². The van der Waals surface area contributed by atoms with Gasteiger partial charge in [0, 0.05) is 24.5 Å². The van der Waals surface area contributed by atoms with Crippen molar-refractivity contribution in [3.63, 3.8) is 0 Å². The van der Waals surface area contributed by atoms with Gasteiger partial charge in [0.25, 0.3) is 0 Å². The Labute approximate surface area is 91.2 Å². The predicted molar refractivity (Wildman–Crippen MR) is 59.1 cm³/mol. The van der Waals surface area contributed by atoms with E-state index in [0.717, 1.165) is 0 Å². The van der Waals surface area contributed by atoms with E-state index in [1.165, 1.54) is 0 Å². The molecule has 0 aliphatic carbocycles. The van der Waals surface area contributed by atoms with Crippen molar-refractivity contribution in [3.05, 3.63) is 12.4 Å². The predicted octanol–water partition coefficient (Wildman–Crippen LogP) is 1.69. The van der Waals surface area contributed by atoms with Crippen LogP contribution in [0.1, 0.15) is 34.1 Å². The Hall–Kier alpha value is -1.19. The van der Waals surface area contributed by atoms with Crippen molar-refractivity contribution in [2.45, 2.75) is 52.4 Å². The Balaban J connectivity index is 2.77. The van der Waals surface area contributed by atoms with Crippen molar-refractivity contribution in [3.8, 4) is 0 Å². The number of rotatable bonds is 4. The molecule has 0 unspecified atom stereocenters. The molecule has 1 aliphatic heterocycles. The van der Waals surface area contributed by atoms with Crippen molar-refractivity contribution < 1.29 is 9.90 Å². The van der Waals surface area contributed by atoms with Crippen LogP contribution in [-0.2, 0) is 4.79 Å². The van der Waals surface area contributed by atoms with Crippen LogP contribution in [0.25, 0.3) is 0 Å². The van der Waals surface area contributed by atoms with E-state index in [1.807, 2.05) is 12.4 Å². The average Bonchev–Trinajstić information content (AvgIpc) is 2.46. The third-order valence-corrected chi connectivity index (χ3v) is 2.65. The molecular formula is C11H20N2O2. The number of carbonyl (C=O) groups is 1. The number of carboxylic acid groups (broad SMARTS) is 1. The fourth-order valence-electron chi connectivity index (χ4n) is 1.91. The number of carboxylic acids is 1. The molecule has 0 amide bonds. The number of hydrogen-bond donors (Lipinski definition) is 1. The summed E-state index contributed by atoms with van der Waals surface area (Å²) in [6.07, 6.45) is 4.09. The zero-order valence-electron chi connectivity index (χ0n) is 9.84. The molecule has 0 spiro atoms. The van der Waals surface area contributed by atoms with Crippen LogP contribution in [0.4, 0.5) is 0 Å². The molecule has 15 heavy (non-hydrogen) atoms. The van der Waals surface area contributed by atoms with Crippen molar-refractivity contribution in [2.75, 3.05) is 0 Å². The smallest absolute Gasteiger partial charge is 0.307 e. The van der Waals surface area contributed by atoms with Gasteiger partial charge in [-0.15, -0.1) is 0 Å². The highest BCUT2D eigenvalue weighted by molar-refractivity contribution is 5.67. The standard InChI is InChI=1S/C11H20N2O2/c1-8(2)12-5-6-13(9(3)4)10(12)7-11(14)15/h5-6,8-10H,7H2,1-4H3,(H,14,15). The summed E-state index contributed by atoms with van der Waals surface area (Å²) < 4.78 is 0. The van der Waals surface area contributed by atoms with Crippen LogP contribution in [0.15, 0.2) is 12.4 Å². The summed E-state index contributed by atoms with van der Waals surface area (Å²) in [5.74, 6) is -0.750. The van der Waals surface area contributed by atoms with Crippen molar-refractivity contribution in [1.29, 1.82) is 0 Å². The molecule has 0 aromatic rings. The van der Waals surface area contributed by atoms with Gasteiger partial charge in [-0.2, -0.15) is 0 Å². The van der Waals surface area contributed by atoms with Gasteiger partial charge in [0.1, 0.15) is 6.17 Å². The average molecular weight is 212 g/mol. The first-order valence-corrected chi connectivity index (χ1v) is 5.38. The minimum Gasteiger partial charge on any atom is -0.481 e. The van der Waals surface area contributed by atoms with Crippen LogP contribution < -0.4 is 0 Å². The molecule has 86 valence electrons. The van der Waals surface area contributed by atoms with Crippen molar-refractivity contribution in [1.82, 2.24) is 9.80 Å². The van der Waals surface area contributed by atoms with E-state index in [9.17, 15) is 4.79 Å². The maximum Gasteiger partial charge on any atom is 0.307 e. The summed E-state index contributed by atoms with van der Waals surface area (Å²) in [5.41, 5.74) is 0. The molecule has 0 saturated heterocycles. The monoisotopic (exact) mass is 212 g/mol. The SMILES string of the molecule is CC(C)N1C=CN(C(C)C)C1CC(=O)O. The summed E-state index contributed by atoms with van der Waals surface area (Å²) in [5, 5.41) is 8.89. The molecule has 0 radical (unpaired) electrons. The number of hydrogen-bond acceptors (Lipinski definition) is 3. The third-order valence-electron chi connectivity index (χ3n) is 2.65. The van der Waals surface area contributed by atoms with E-state index in [2.05, 4.69) is 37.5 Å². The van der Waals surface area contributed by atoms with Gasteiger partial charge in [0.15, 0.2) is 0 Å². The molecule has 1 aliphatic rings. The molecule has 0 fully saturated rings.